The minimum atomic E-state index is -0.366. The van der Waals surface area contributed by atoms with E-state index in [1.807, 2.05) is 37.3 Å². The number of hydrogen-bond donors (Lipinski definition) is 2. The summed E-state index contributed by atoms with van der Waals surface area (Å²) in [6, 6.07) is 11.1. The van der Waals surface area contributed by atoms with Crippen LogP contribution in [0.1, 0.15) is 21.7 Å². The van der Waals surface area contributed by atoms with Crippen LogP contribution < -0.4 is 10.6 Å². The highest BCUT2D eigenvalue weighted by atomic mass is 16.7. The number of hydrogen-bond acceptors (Lipinski definition) is 7. The summed E-state index contributed by atoms with van der Waals surface area (Å²) in [5.41, 5.74) is 2.33. The molecule has 2 heterocycles. The highest BCUT2D eigenvalue weighted by Gasteiger charge is 2.11. The van der Waals surface area contributed by atoms with E-state index in [0.29, 0.717) is 42.4 Å². The van der Waals surface area contributed by atoms with Gasteiger partial charge in [-0.3, -0.25) is 4.79 Å². The van der Waals surface area contributed by atoms with Gasteiger partial charge in [0.1, 0.15) is 5.82 Å². The summed E-state index contributed by atoms with van der Waals surface area (Å²) >= 11 is 0. The third-order valence-corrected chi connectivity index (χ3v) is 4.22. The lowest BCUT2D eigenvalue weighted by atomic mass is 10.1. The van der Waals surface area contributed by atoms with Crippen LogP contribution in [0.2, 0.25) is 0 Å². The topological polar surface area (TPSA) is 103 Å². The van der Waals surface area contributed by atoms with Gasteiger partial charge >= 0.3 is 0 Å². The fraction of sp³-hybridized carbons (Fsp3) is 0.368. The van der Waals surface area contributed by atoms with E-state index in [0.717, 1.165) is 5.56 Å². The molecule has 0 atom stereocenters. The molecule has 0 aliphatic carbocycles. The van der Waals surface area contributed by atoms with Gasteiger partial charge in [-0.25, -0.2) is 0 Å². The van der Waals surface area contributed by atoms with Gasteiger partial charge in [0, 0.05) is 32.7 Å². The molecule has 1 amide bonds. The average Bonchev–Trinajstić information content (AvgIpc) is 3.11. The molecule has 3 rings (SSSR count). The van der Waals surface area contributed by atoms with Gasteiger partial charge in [0.2, 0.25) is 0 Å². The van der Waals surface area contributed by atoms with Crippen LogP contribution >= 0.6 is 0 Å². The SMILES string of the molecule is COC(CNc1ccc2nnc(CCNC(=O)c3cccc(C)c3)n2n1)OC. The van der Waals surface area contributed by atoms with Gasteiger partial charge in [-0.2, -0.15) is 4.52 Å². The number of methoxy groups -OCH3 is 2. The van der Waals surface area contributed by atoms with Crippen LogP contribution in [0, 0.1) is 6.92 Å². The van der Waals surface area contributed by atoms with Crippen molar-refractivity contribution in [2.75, 3.05) is 32.6 Å². The molecule has 0 saturated carbocycles. The van der Waals surface area contributed by atoms with Gasteiger partial charge in [-0.15, -0.1) is 15.3 Å². The summed E-state index contributed by atoms with van der Waals surface area (Å²) in [5.74, 6) is 1.20. The van der Waals surface area contributed by atoms with E-state index < -0.39 is 0 Å². The standard InChI is InChI=1S/C19H24N6O3/c1-13-5-4-6-14(11-13)19(26)20-10-9-17-23-22-16-8-7-15(24-25(16)17)21-12-18(27-2)28-3/h4-8,11,18H,9-10,12H2,1-3H3,(H,20,26)(H,21,24). The molecule has 0 bridgehead atoms. The van der Waals surface area contributed by atoms with Gasteiger partial charge in [0.25, 0.3) is 5.91 Å². The first-order chi connectivity index (χ1) is 13.6. The van der Waals surface area contributed by atoms with Crippen molar-refractivity contribution in [1.82, 2.24) is 25.1 Å². The zero-order chi connectivity index (χ0) is 19.9. The highest BCUT2D eigenvalue weighted by Crippen LogP contribution is 2.08. The van der Waals surface area contributed by atoms with Crippen LogP contribution in [0.25, 0.3) is 5.65 Å². The van der Waals surface area contributed by atoms with Crippen molar-refractivity contribution in [3.8, 4) is 0 Å². The Bertz CT molecular complexity index is 938. The first kappa shape index (κ1) is 19.7. The third-order valence-electron chi connectivity index (χ3n) is 4.22. The number of nitrogens with zero attached hydrogens (tertiary/aromatic N) is 4. The zero-order valence-corrected chi connectivity index (χ0v) is 16.2. The number of fused-ring (bicyclic) bond motifs is 1. The lowest BCUT2D eigenvalue weighted by molar-refractivity contribution is -0.0914. The lowest BCUT2D eigenvalue weighted by Gasteiger charge is -2.14. The van der Waals surface area contributed by atoms with Crippen molar-refractivity contribution < 1.29 is 14.3 Å². The van der Waals surface area contributed by atoms with Crippen molar-refractivity contribution in [1.29, 1.82) is 0 Å². The van der Waals surface area contributed by atoms with Gasteiger partial charge < -0.3 is 20.1 Å². The fourth-order valence-electron chi connectivity index (χ4n) is 2.71. The number of aromatic nitrogens is 4. The molecule has 1 aromatic carbocycles. The number of carbonyl (C=O) groups excluding carboxylic acids is 1. The summed E-state index contributed by atoms with van der Waals surface area (Å²) in [4.78, 5) is 12.2. The Labute approximate surface area is 163 Å². The maximum absolute atomic E-state index is 12.2. The normalized spacial score (nSPS) is 11.1. The molecule has 2 aromatic heterocycles. The smallest absolute Gasteiger partial charge is 0.251 e. The molecular formula is C19H24N6O3. The zero-order valence-electron chi connectivity index (χ0n) is 16.2. The quantitative estimate of drug-likeness (QED) is 0.538. The lowest BCUT2D eigenvalue weighted by Crippen LogP contribution is -2.26. The summed E-state index contributed by atoms with van der Waals surface area (Å²) in [5, 5.41) is 18.8. The van der Waals surface area contributed by atoms with Gasteiger partial charge in [0.15, 0.2) is 17.8 Å². The van der Waals surface area contributed by atoms with E-state index in [4.69, 9.17) is 9.47 Å². The van der Waals surface area contributed by atoms with Crippen molar-refractivity contribution in [2.24, 2.45) is 0 Å². The number of amides is 1. The second kappa shape index (κ2) is 9.25. The predicted molar refractivity (Wildman–Crippen MR) is 104 cm³/mol. The van der Waals surface area contributed by atoms with E-state index in [9.17, 15) is 4.79 Å². The Kier molecular flexibility index (Phi) is 6.51. The number of ether oxygens (including phenoxy) is 2. The molecular weight excluding hydrogens is 360 g/mol. The molecule has 148 valence electrons. The Morgan fingerprint density at radius 1 is 1.18 bits per heavy atom. The number of benzene rings is 1. The van der Waals surface area contributed by atoms with Crippen molar-refractivity contribution in [3.63, 3.8) is 0 Å². The largest absolute Gasteiger partial charge is 0.364 e. The first-order valence-corrected chi connectivity index (χ1v) is 8.96. The molecule has 9 nitrogen and oxygen atoms in total. The maximum atomic E-state index is 12.2. The summed E-state index contributed by atoms with van der Waals surface area (Å²) < 4.78 is 12.0. The van der Waals surface area contributed by atoms with Crippen LogP contribution in [0.5, 0.6) is 0 Å². The molecule has 0 aliphatic heterocycles. The Balaban J connectivity index is 1.61. The highest BCUT2D eigenvalue weighted by molar-refractivity contribution is 5.94. The van der Waals surface area contributed by atoms with E-state index in [2.05, 4.69) is 25.9 Å². The maximum Gasteiger partial charge on any atom is 0.251 e. The monoisotopic (exact) mass is 384 g/mol. The van der Waals surface area contributed by atoms with Gasteiger partial charge in [-0.1, -0.05) is 17.7 Å². The van der Waals surface area contributed by atoms with Crippen LogP contribution in [-0.2, 0) is 15.9 Å². The van der Waals surface area contributed by atoms with E-state index in [-0.39, 0.29) is 12.2 Å². The summed E-state index contributed by atoms with van der Waals surface area (Å²) in [7, 11) is 3.16. The fourth-order valence-corrected chi connectivity index (χ4v) is 2.71. The predicted octanol–water partition coefficient (Wildman–Crippen LogP) is 1.44. The molecule has 0 aliphatic rings. The third kappa shape index (κ3) is 4.81. The van der Waals surface area contributed by atoms with Crippen molar-refractivity contribution >= 4 is 17.4 Å². The summed E-state index contributed by atoms with van der Waals surface area (Å²) in [6.07, 6.45) is 0.142. The van der Waals surface area contributed by atoms with E-state index in [1.165, 1.54) is 0 Å². The van der Waals surface area contributed by atoms with E-state index >= 15 is 0 Å². The Morgan fingerprint density at radius 2 is 2.00 bits per heavy atom. The number of aryl methyl sites for hydroxylation is 1. The van der Waals surface area contributed by atoms with Crippen molar-refractivity contribution in [2.45, 2.75) is 19.6 Å². The minimum Gasteiger partial charge on any atom is -0.364 e. The van der Waals surface area contributed by atoms with Crippen LogP contribution in [-0.4, -0.2) is 59.3 Å². The number of nitrogens with one attached hydrogen (secondary N) is 2. The molecule has 9 heteroatoms. The van der Waals surface area contributed by atoms with Crippen LogP contribution in [0.3, 0.4) is 0 Å². The molecule has 28 heavy (non-hydrogen) atoms. The Morgan fingerprint density at radius 3 is 2.75 bits per heavy atom. The van der Waals surface area contributed by atoms with Gasteiger partial charge in [0.05, 0.1) is 6.54 Å². The molecule has 0 radical (unpaired) electrons. The first-order valence-electron chi connectivity index (χ1n) is 8.96. The van der Waals surface area contributed by atoms with Gasteiger partial charge in [-0.05, 0) is 31.2 Å². The summed E-state index contributed by atoms with van der Waals surface area (Å²) in [6.45, 7) is 2.84. The average molecular weight is 384 g/mol. The number of rotatable bonds is 9. The van der Waals surface area contributed by atoms with E-state index in [1.54, 1.807) is 24.8 Å². The molecule has 0 fully saturated rings. The minimum absolute atomic E-state index is 0.113. The molecule has 0 spiro atoms. The molecule has 3 aromatic rings. The molecule has 0 saturated heterocycles. The Hall–Kier alpha value is -3.04. The van der Waals surface area contributed by atoms with Crippen molar-refractivity contribution in [3.05, 3.63) is 53.3 Å². The number of anilines is 1. The molecule has 2 N–H and O–H groups in total. The second-order valence-corrected chi connectivity index (χ2v) is 6.26. The number of carbonyl (C=O) groups is 1. The van der Waals surface area contributed by atoms with Crippen LogP contribution in [0.4, 0.5) is 5.82 Å². The van der Waals surface area contributed by atoms with Crippen LogP contribution in [0.15, 0.2) is 36.4 Å². The second-order valence-electron chi connectivity index (χ2n) is 6.26. The molecule has 0 unspecified atom stereocenters.